The Morgan fingerprint density at radius 3 is 2.55 bits per heavy atom. The minimum atomic E-state index is -0.302. The van der Waals surface area contributed by atoms with Crippen LogP contribution in [0.25, 0.3) is 0 Å². The molecule has 2 amide bonds. The lowest BCUT2D eigenvalue weighted by molar-refractivity contribution is -0.141. The largest absolute Gasteiger partial charge is 0.304 e. The Bertz CT molecular complexity index is 364. The standard InChI is InChI=1S/C15H27N3O2/c1-11(2)17(3)9-8-16-13-10-14(19)18(15(13)20)12-6-4-5-7-12/h11-13,16H,4-10H2,1-3H3. The quantitative estimate of drug-likeness (QED) is 0.738. The van der Waals surface area contributed by atoms with Gasteiger partial charge in [-0.25, -0.2) is 0 Å². The molecule has 20 heavy (non-hydrogen) atoms. The van der Waals surface area contributed by atoms with E-state index in [2.05, 4.69) is 31.1 Å². The first-order valence-corrected chi connectivity index (χ1v) is 7.80. The maximum atomic E-state index is 12.3. The number of hydrogen-bond donors (Lipinski definition) is 1. The van der Waals surface area contributed by atoms with E-state index in [1.54, 1.807) is 0 Å². The normalized spacial score (nSPS) is 24.6. The highest BCUT2D eigenvalue weighted by Crippen LogP contribution is 2.28. The van der Waals surface area contributed by atoms with Gasteiger partial charge in [-0.15, -0.1) is 0 Å². The number of rotatable bonds is 6. The van der Waals surface area contributed by atoms with Gasteiger partial charge in [-0.1, -0.05) is 12.8 Å². The van der Waals surface area contributed by atoms with E-state index in [1.807, 2.05) is 0 Å². The lowest BCUT2D eigenvalue weighted by Crippen LogP contribution is -2.44. The molecular weight excluding hydrogens is 254 g/mol. The number of carbonyl (C=O) groups excluding carboxylic acids is 2. The third kappa shape index (κ3) is 3.38. The minimum Gasteiger partial charge on any atom is -0.304 e. The van der Waals surface area contributed by atoms with Gasteiger partial charge < -0.3 is 10.2 Å². The first kappa shape index (κ1) is 15.4. The van der Waals surface area contributed by atoms with Gasteiger partial charge >= 0.3 is 0 Å². The Hall–Kier alpha value is -0.940. The maximum absolute atomic E-state index is 12.3. The monoisotopic (exact) mass is 281 g/mol. The third-order valence-electron chi connectivity index (χ3n) is 4.61. The van der Waals surface area contributed by atoms with Crippen LogP contribution in [0.15, 0.2) is 0 Å². The second-order valence-corrected chi connectivity index (χ2v) is 6.33. The van der Waals surface area contributed by atoms with E-state index in [9.17, 15) is 9.59 Å². The van der Waals surface area contributed by atoms with Crippen LogP contribution in [0.4, 0.5) is 0 Å². The first-order chi connectivity index (χ1) is 9.50. The molecule has 0 aromatic heterocycles. The molecule has 0 aromatic rings. The van der Waals surface area contributed by atoms with Crippen molar-refractivity contribution in [2.45, 2.75) is 64.1 Å². The zero-order chi connectivity index (χ0) is 14.7. The number of hydrogen-bond acceptors (Lipinski definition) is 4. The SMILES string of the molecule is CC(C)N(C)CCNC1CC(=O)N(C2CCCC2)C1=O. The molecule has 0 radical (unpaired) electrons. The maximum Gasteiger partial charge on any atom is 0.247 e. The van der Waals surface area contributed by atoms with E-state index >= 15 is 0 Å². The van der Waals surface area contributed by atoms with E-state index in [-0.39, 0.29) is 23.9 Å². The number of carbonyl (C=O) groups is 2. The van der Waals surface area contributed by atoms with E-state index < -0.39 is 0 Å². The van der Waals surface area contributed by atoms with Crippen LogP contribution in [0.5, 0.6) is 0 Å². The molecule has 0 bridgehead atoms. The molecule has 1 unspecified atom stereocenters. The molecule has 2 aliphatic rings. The number of likely N-dealkylation sites (N-methyl/N-ethyl adjacent to an activating group) is 1. The lowest BCUT2D eigenvalue weighted by Gasteiger charge is -2.23. The Balaban J connectivity index is 1.82. The molecule has 114 valence electrons. The van der Waals surface area contributed by atoms with E-state index in [0.29, 0.717) is 12.5 Å². The van der Waals surface area contributed by atoms with Crippen molar-refractivity contribution in [2.75, 3.05) is 20.1 Å². The van der Waals surface area contributed by atoms with E-state index in [1.165, 1.54) is 4.90 Å². The van der Waals surface area contributed by atoms with Crippen LogP contribution in [0, 0.1) is 0 Å². The average molecular weight is 281 g/mol. The van der Waals surface area contributed by atoms with Crippen LogP contribution in [0.3, 0.4) is 0 Å². The van der Waals surface area contributed by atoms with Crippen LogP contribution >= 0.6 is 0 Å². The summed E-state index contributed by atoms with van der Waals surface area (Å²) in [6.45, 7) is 5.92. The number of nitrogens with one attached hydrogen (secondary N) is 1. The second-order valence-electron chi connectivity index (χ2n) is 6.33. The Morgan fingerprint density at radius 2 is 1.95 bits per heavy atom. The average Bonchev–Trinajstić information content (AvgIpc) is 2.98. The van der Waals surface area contributed by atoms with Gasteiger partial charge in [-0.05, 0) is 33.7 Å². The molecule has 1 aliphatic heterocycles. The van der Waals surface area contributed by atoms with E-state index in [4.69, 9.17) is 0 Å². The Labute approximate surface area is 121 Å². The molecule has 1 atom stereocenters. The molecule has 2 rings (SSSR count). The van der Waals surface area contributed by atoms with Gasteiger partial charge in [-0.2, -0.15) is 0 Å². The molecule has 0 spiro atoms. The van der Waals surface area contributed by atoms with Crippen LogP contribution < -0.4 is 5.32 Å². The zero-order valence-corrected chi connectivity index (χ0v) is 12.9. The predicted octanol–water partition coefficient (Wildman–Crippen LogP) is 0.986. The lowest BCUT2D eigenvalue weighted by atomic mass is 10.2. The molecule has 2 fully saturated rings. The molecule has 5 nitrogen and oxygen atoms in total. The molecule has 0 aromatic carbocycles. The fourth-order valence-corrected chi connectivity index (χ4v) is 3.03. The summed E-state index contributed by atoms with van der Waals surface area (Å²) < 4.78 is 0. The van der Waals surface area contributed by atoms with Gasteiger partial charge in [0.1, 0.15) is 0 Å². The van der Waals surface area contributed by atoms with Crippen molar-refractivity contribution in [3.05, 3.63) is 0 Å². The van der Waals surface area contributed by atoms with Crippen LogP contribution in [-0.2, 0) is 9.59 Å². The highest BCUT2D eigenvalue weighted by molar-refractivity contribution is 6.05. The Morgan fingerprint density at radius 1 is 1.30 bits per heavy atom. The molecule has 1 saturated heterocycles. The molecule has 1 heterocycles. The highest BCUT2D eigenvalue weighted by atomic mass is 16.2. The van der Waals surface area contributed by atoms with Gasteiger partial charge in [0.2, 0.25) is 11.8 Å². The molecular formula is C15H27N3O2. The van der Waals surface area contributed by atoms with Gasteiger partial charge in [0.05, 0.1) is 12.5 Å². The minimum absolute atomic E-state index is 0.00546. The van der Waals surface area contributed by atoms with Gasteiger partial charge in [0.15, 0.2) is 0 Å². The fraction of sp³-hybridized carbons (Fsp3) is 0.867. The predicted molar refractivity (Wildman–Crippen MR) is 78.3 cm³/mol. The first-order valence-electron chi connectivity index (χ1n) is 7.80. The second kappa shape index (κ2) is 6.68. The smallest absolute Gasteiger partial charge is 0.247 e. The molecule has 1 aliphatic carbocycles. The van der Waals surface area contributed by atoms with Gasteiger partial charge in [0.25, 0.3) is 0 Å². The summed E-state index contributed by atoms with van der Waals surface area (Å²) in [7, 11) is 2.07. The summed E-state index contributed by atoms with van der Waals surface area (Å²) in [5, 5.41) is 3.25. The van der Waals surface area contributed by atoms with Crippen molar-refractivity contribution < 1.29 is 9.59 Å². The fourth-order valence-electron chi connectivity index (χ4n) is 3.03. The van der Waals surface area contributed by atoms with Crippen molar-refractivity contribution in [1.82, 2.24) is 15.1 Å². The van der Waals surface area contributed by atoms with Crippen molar-refractivity contribution in [3.8, 4) is 0 Å². The molecule has 1 saturated carbocycles. The van der Waals surface area contributed by atoms with Gasteiger partial charge in [0, 0.05) is 25.2 Å². The Kier molecular flexibility index (Phi) is 5.16. The third-order valence-corrected chi connectivity index (χ3v) is 4.61. The zero-order valence-electron chi connectivity index (χ0n) is 12.9. The number of nitrogens with zero attached hydrogens (tertiary/aromatic N) is 2. The van der Waals surface area contributed by atoms with Crippen molar-refractivity contribution in [3.63, 3.8) is 0 Å². The number of imide groups is 1. The van der Waals surface area contributed by atoms with Crippen LogP contribution in [0.2, 0.25) is 0 Å². The van der Waals surface area contributed by atoms with E-state index in [0.717, 1.165) is 38.8 Å². The summed E-state index contributed by atoms with van der Waals surface area (Å²) in [5.74, 6) is 0.00529. The number of amides is 2. The molecule has 5 heteroatoms. The topological polar surface area (TPSA) is 52.7 Å². The number of likely N-dealkylation sites (tertiary alicyclic amines) is 1. The van der Waals surface area contributed by atoms with Crippen molar-refractivity contribution in [2.24, 2.45) is 0 Å². The van der Waals surface area contributed by atoms with Crippen molar-refractivity contribution in [1.29, 1.82) is 0 Å². The summed E-state index contributed by atoms with van der Waals surface area (Å²) in [6, 6.07) is 0.358. The summed E-state index contributed by atoms with van der Waals surface area (Å²) in [6.07, 6.45) is 4.58. The molecule has 1 N–H and O–H groups in total. The van der Waals surface area contributed by atoms with Gasteiger partial charge in [-0.3, -0.25) is 14.5 Å². The summed E-state index contributed by atoms with van der Waals surface area (Å²) >= 11 is 0. The van der Waals surface area contributed by atoms with Crippen molar-refractivity contribution >= 4 is 11.8 Å². The summed E-state index contributed by atoms with van der Waals surface area (Å²) in [5.41, 5.74) is 0. The van der Waals surface area contributed by atoms with Crippen LogP contribution in [-0.4, -0.2) is 59.9 Å². The van der Waals surface area contributed by atoms with Crippen LogP contribution in [0.1, 0.15) is 46.0 Å². The summed E-state index contributed by atoms with van der Waals surface area (Å²) in [4.78, 5) is 28.1. The highest BCUT2D eigenvalue weighted by Gasteiger charge is 2.42.